The third-order valence-corrected chi connectivity index (χ3v) is 2.82. The smallest absolute Gasteiger partial charge is 0.192 e. The summed E-state index contributed by atoms with van der Waals surface area (Å²) in [7, 11) is 1.64. The van der Waals surface area contributed by atoms with Crippen LogP contribution in [0.4, 0.5) is 5.69 Å². The number of methoxy groups -OCH3 is 1. The molecule has 2 N–H and O–H groups in total. The average molecular weight is 233 g/mol. The molecule has 1 aromatic heterocycles. The van der Waals surface area contributed by atoms with E-state index in [1.54, 1.807) is 19.5 Å². The maximum Gasteiger partial charge on any atom is 0.192 e. The number of hydrogen-bond donors (Lipinski definition) is 1. The molecule has 0 aliphatic carbocycles. The normalized spacial score (nSPS) is 10.1. The average Bonchev–Trinajstić information content (AvgIpc) is 2.33. The molecule has 0 aliphatic heterocycles. The SMILES string of the molecule is COc1ccc(Sc2ncc(N)cn2)cc1. The summed E-state index contributed by atoms with van der Waals surface area (Å²) in [4.78, 5) is 9.28. The van der Waals surface area contributed by atoms with Crippen LogP contribution in [0.2, 0.25) is 0 Å². The third-order valence-electron chi connectivity index (χ3n) is 1.92. The van der Waals surface area contributed by atoms with Crippen LogP contribution >= 0.6 is 11.8 Å². The molecule has 0 radical (unpaired) electrons. The molecule has 0 atom stereocenters. The molecular formula is C11H11N3OS. The van der Waals surface area contributed by atoms with Gasteiger partial charge in [0.25, 0.3) is 0 Å². The molecule has 2 rings (SSSR count). The van der Waals surface area contributed by atoms with E-state index < -0.39 is 0 Å². The summed E-state index contributed by atoms with van der Waals surface area (Å²) in [5, 5.41) is 0.680. The second-order valence-electron chi connectivity index (χ2n) is 3.08. The fourth-order valence-electron chi connectivity index (χ4n) is 1.13. The number of benzene rings is 1. The first-order valence-corrected chi connectivity index (χ1v) is 5.49. The number of nitrogens with zero attached hydrogens (tertiary/aromatic N) is 2. The highest BCUT2D eigenvalue weighted by Gasteiger charge is 2.00. The van der Waals surface area contributed by atoms with Crippen LogP contribution in [0.1, 0.15) is 0 Å². The summed E-state index contributed by atoms with van der Waals surface area (Å²) in [5.41, 5.74) is 6.08. The molecular weight excluding hydrogens is 222 g/mol. The summed E-state index contributed by atoms with van der Waals surface area (Å²) in [6.45, 7) is 0. The third kappa shape index (κ3) is 2.64. The van der Waals surface area contributed by atoms with Gasteiger partial charge in [0.15, 0.2) is 5.16 Å². The molecule has 2 aromatic rings. The maximum absolute atomic E-state index is 5.51. The van der Waals surface area contributed by atoms with E-state index >= 15 is 0 Å². The molecule has 0 amide bonds. The van der Waals surface area contributed by atoms with Gasteiger partial charge in [0.05, 0.1) is 25.2 Å². The van der Waals surface area contributed by atoms with E-state index in [-0.39, 0.29) is 0 Å². The van der Waals surface area contributed by atoms with Gasteiger partial charge >= 0.3 is 0 Å². The van der Waals surface area contributed by atoms with Gasteiger partial charge in [0.2, 0.25) is 0 Å². The molecule has 1 aromatic carbocycles. The summed E-state index contributed by atoms with van der Waals surface area (Å²) in [6, 6.07) is 7.73. The molecule has 0 fully saturated rings. The van der Waals surface area contributed by atoms with Gasteiger partial charge in [0, 0.05) is 4.90 Å². The minimum absolute atomic E-state index is 0.569. The number of anilines is 1. The summed E-state index contributed by atoms with van der Waals surface area (Å²) >= 11 is 1.48. The van der Waals surface area contributed by atoms with Gasteiger partial charge < -0.3 is 10.5 Å². The highest BCUT2D eigenvalue weighted by atomic mass is 32.2. The van der Waals surface area contributed by atoms with Crippen molar-refractivity contribution < 1.29 is 4.74 Å². The van der Waals surface area contributed by atoms with Crippen molar-refractivity contribution in [2.75, 3.05) is 12.8 Å². The Labute approximate surface area is 97.9 Å². The van der Waals surface area contributed by atoms with Crippen molar-refractivity contribution in [3.63, 3.8) is 0 Å². The fraction of sp³-hybridized carbons (Fsp3) is 0.0909. The zero-order chi connectivity index (χ0) is 11.4. The van der Waals surface area contributed by atoms with Crippen LogP contribution < -0.4 is 10.5 Å². The lowest BCUT2D eigenvalue weighted by atomic mass is 10.3. The highest BCUT2D eigenvalue weighted by molar-refractivity contribution is 7.99. The van der Waals surface area contributed by atoms with Crippen molar-refractivity contribution in [1.82, 2.24) is 9.97 Å². The molecule has 0 bridgehead atoms. The Morgan fingerprint density at radius 2 is 1.75 bits per heavy atom. The quantitative estimate of drug-likeness (QED) is 0.824. The Morgan fingerprint density at radius 1 is 1.12 bits per heavy atom. The first-order valence-electron chi connectivity index (χ1n) is 4.67. The zero-order valence-corrected chi connectivity index (χ0v) is 9.57. The van der Waals surface area contributed by atoms with Crippen LogP contribution in [-0.2, 0) is 0 Å². The lowest BCUT2D eigenvalue weighted by Gasteiger charge is -2.02. The van der Waals surface area contributed by atoms with Gasteiger partial charge in [-0.25, -0.2) is 9.97 Å². The topological polar surface area (TPSA) is 61.0 Å². The highest BCUT2D eigenvalue weighted by Crippen LogP contribution is 2.26. The first-order chi connectivity index (χ1) is 7.78. The van der Waals surface area contributed by atoms with Crippen LogP contribution in [0.5, 0.6) is 5.75 Å². The zero-order valence-electron chi connectivity index (χ0n) is 8.75. The van der Waals surface area contributed by atoms with Gasteiger partial charge in [-0.2, -0.15) is 0 Å². The minimum atomic E-state index is 0.569. The number of rotatable bonds is 3. The number of aromatic nitrogens is 2. The molecule has 0 saturated heterocycles. The van der Waals surface area contributed by atoms with Crippen LogP contribution in [0, 0.1) is 0 Å². The first kappa shape index (κ1) is 10.8. The van der Waals surface area contributed by atoms with Crippen LogP contribution in [0.3, 0.4) is 0 Å². The van der Waals surface area contributed by atoms with E-state index in [1.807, 2.05) is 24.3 Å². The van der Waals surface area contributed by atoms with Crippen molar-refractivity contribution >= 4 is 17.4 Å². The predicted octanol–water partition coefficient (Wildman–Crippen LogP) is 2.22. The van der Waals surface area contributed by atoms with Gasteiger partial charge in [-0.1, -0.05) is 0 Å². The Kier molecular flexibility index (Phi) is 3.26. The van der Waals surface area contributed by atoms with Crippen LogP contribution in [0.25, 0.3) is 0 Å². The summed E-state index contributed by atoms with van der Waals surface area (Å²) in [5.74, 6) is 0.836. The van der Waals surface area contributed by atoms with Gasteiger partial charge in [0.1, 0.15) is 5.75 Å². The summed E-state index contributed by atoms with van der Waals surface area (Å²) in [6.07, 6.45) is 3.19. The number of nitrogen functional groups attached to an aromatic ring is 1. The molecule has 1 heterocycles. The maximum atomic E-state index is 5.51. The van der Waals surface area contributed by atoms with E-state index in [4.69, 9.17) is 10.5 Å². The summed E-state index contributed by atoms with van der Waals surface area (Å²) < 4.78 is 5.08. The molecule has 0 unspecified atom stereocenters. The Hall–Kier alpha value is -1.75. The van der Waals surface area contributed by atoms with Crippen molar-refractivity contribution in [3.05, 3.63) is 36.7 Å². The number of hydrogen-bond acceptors (Lipinski definition) is 5. The monoisotopic (exact) mass is 233 g/mol. The second kappa shape index (κ2) is 4.85. The largest absolute Gasteiger partial charge is 0.497 e. The second-order valence-corrected chi connectivity index (χ2v) is 4.12. The Bertz CT molecular complexity index is 456. The van der Waals surface area contributed by atoms with E-state index in [9.17, 15) is 0 Å². The van der Waals surface area contributed by atoms with E-state index in [1.165, 1.54) is 11.8 Å². The molecule has 0 saturated carbocycles. The van der Waals surface area contributed by atoms with Crippen molar-refractivity contribution in [2.24, 2.45) is 0 Å². The molecule has 0 spiro atoms. The number of ether oxygens (including phenoxy) is 1. The number of nitrogens with two attached hydrogens (primary N) is 1. The van der Waals surface area contributed by atoms with Crippen molar-refractivity contribution in [2.45, 2.75) is 10.1 Å². The Morgan fingerprint density at radius 3 is 2.31 bits per heavy atom. The van der Waals surface area contributed by atoms with Crippen LogP contribution in [0.15, 0.2) is 46.7 Å². The molecule has 5 heteroatoms. The minimum Gasteiger partial charge on any atom is -0.497 e. The van der Waals surface area contributed by atoms with Crippen LogP contribution in [-0.4, -0.2) is 17.1 Å². The van der Waals surface area contributed by atoms with Gasteiger partial charge in [-0.05, 0) is 36.0 Å². The van der Waals surface area contributed by atoms with E-state index in [2.05, 4.69) is 9.97 Å². The fourth-order valence-corrected chi connectivity index (χ4v) is 1.82. The van der Waals surface area contributed by atoms with Crippen molar-refractivity contribution in [1.29, 1.82) is 0 Å². The molecule has 4 nitrogen and oxygen atoms in total. The standard InChI is InChI=1S/C11H11N3OS/c1-15-9-2-4-10(5-3-9)16-11-13-6-8(12)7-14-11/h2-7H,12H2,1H3. The van der Waals surface area contributed by atoms with E-state index in [0.717, 1.165) is 10.6 Å². The van der Waals surface area contributed by atoms with E-state index in [0.29, 0.717) is 10.8 Å². The molecule has 0 aliphatic rings. The Balaban J connectivity index is 2.11. The lowest BCUT2D eigenvalue weighted by Crippen LogP contribution is -1.90. The van der Waals surface area contributed by atoms with Gasteiger partial charge in [-0.3, -0.25) is 0 Å². The van der Waals surface area contributed by atoms with Gasteiger partial charge in [-0.15, -0.1) is 0 Å². The molecule has 82 valence electrons. The molecule has 16 heavy (non-hydrogen) atoms. The predicted molar refractivity (Wildman–Crippen MR) is 63.6 cm³/mol. The van der Waals surface area contributed by atoms with Crippen molar-refractivity contribution in [3.8, 4) is 5.75 Å². The lowest BCUT2D eigenvalue weighted by molar-refractivity contribution is 0.414.